The van der Waals surface area contributed by atoms with Crippen LogP contribution in [0.3, 0.4) is 0 Å². The number of carboxylic acids is 1. The highest BCUT2D eigenvalue weighted by Gasteiger charge is 2.38. The number of aliphatic carboxylic acids is 1. The first-order valence-corrected chi connectivity index (χ1v) is 11.4. The molecular formula is C23H22F6N6O5. The molecule has 2 N–H and O–H groups in total. The van der Waals surface area contributed by atoms with Crippen LogP contribution in [0.15, 0.2) is 33.9 Å². The number of fused-ring (bicyclic) bond motifs is 1. The van der Waals surface area contributed by atoms with Crippen molar-refractivity contribution in [2.24, 2.45) is 7.05 Å². The van der Waals surface area contributed by atoms with E-state index >= 15 is 0 Å². The summed E-state index contributed by atoms with van der Waals surface area (Å²) in [7, 11) is 1.31. The Hall–Kier alpha value is -4.46. The van der Waals surface area contributed by atoms with Crippen LogP contribution in [0.1, 0.15) is 6.92 Å². The van der Waals surface area contributed by atoms with Gasteiger partial charge in [0.1, 0.15) is 5.75 Å². The van der Waals surface area contributed by atoms with E-state index in [1.165, 1.54) is 19.2 Å². The molecule has 0 unspecified atom stereocenters. The third-order valence-corrected chi connectivity index (χ3v) is 5.49. The Morgan fingerprint density at radius 1 is 1.15 bits per heavy atom. The number of piperazine rings is 1. The number of imidazole rings is 1. The van der Waals surface area contributed by atoms with Crippen LogP contribution in [0.25, 0.3) is 16.9 Å². The Labute approximate surface area is 221 Å². The zero-order valence-electron chi connectivity index (χ0n) is 20.9. The van der Waals surface area contributed by atoms with Crippen LogP contribution in [0.4, 0.5) is 32.3 Å². The number of hydrogen-bond donors (Lipinski definition) is 2. The van der Waals surface area contributed by atoms with Crippen LogP contribution in [0.5, 0.6) is 5.75 Å². The van der Waals surface area contributed by atoms with Crippen molar-refractivity contribution in [3.8, 4) is 23.3 Å². The van der Waals surface area contributed by atoms with Gasteiger partial charge in [0.15, 0.2) is 11.2 Å². The number of aromatic nitrogens is 4. The smallest absolute Gasteiger partial charge is 0.475 e. The largest absolute Gasteiger partial charge is 0.573 e. The molecule has 11 nitrogen and oxygen atoms in total. The summed E-state index contributed by atoms with van der Waals surface area (Å²) in [5.74, 6) is 2.94. The van der Waals surface area contributed by atoms with Crippen LogP contribution < -0.4 is 26.2 Å². The molecule has 40 heavy (non-hydrogen) atoms. The van der Waals surface area contributed by atoms with E-state index in [-0.39, 0.29) is 23.4 Å². The molecular weight excluding hydrogens is 554 g/mol. The molecule has 3 aromatic rings. The normalized spacial score (nSPS) is 13.8. The summed E-state index contributed by atoms with van der Waals surface area (Å²) in [6.45, 7) is 4.51. The van der Waals surface area contributed by atoms with Crippen molar-refractivity contribution in [3.05, 3.63) is 45.1 Å². The Kier molecular flexibility index (Phi) is 8.83. The maximum atomic E-state index is 13.1. The molecule has 0 spiro atoms. The molecule has 0 radical (unpaired) electrons. The van der Waals surface area contributed by atoms with Crippen molar-refractivity contribution in [1.82, 2.24) is 24.0 Å². The summed E-state index contributed by atoms with van der Waals surface area (Å²) in [5.41, 5.74) is -1.05. The number of rotatable bonds is 4. The number of alkyl halides is 6. The van der Waals surface area contributed by atoms with Crippen LogP contribution in [0.2, 0.25) is 0 Å². The molecule has 0 saturated carbocycles. The molecule has 0 atom stereocenters. The Morgan fingerprint density at radius 2 is 1.77 bits per heavy atom. The van der Waals surface area contributed by atoms with Crippen LogP contribution in [0, 0.1) is 11.8 Å². The molecule has 4 rings (SSSR count). The number of nitrogens with zero attached hydrogens (tertiary/aromatic N) is 5. The van der Waals surface area contributed by atoms with Crippen LogP contribution >= 0.6 is 0 Å². The average Bonchev–Trinajstić information content (AvgIpc) is 3.25. The molecule has 1 saturated heterocycles. The minimum Gasteiger partial charge on any atom is -0.475 e. The third kappa shape index (κ3) is 6.75. The highest BCUT2D eigenvalue weighted by atomic mass is 19.4. The van der Waals surface area contributed by atoms with Gasteiger partial charge in [0.05, 0.1) is 12.2 Å². The van der Waals surface area contributed by atoms with E-state index in [2.05, 4.69) is 26.9 Å². The molecule has 2 aromatic heterocycles. The summed E-state index contributed by atoms with van der Waals surface area (Å²) >= 11 is 0. The van der Waals surface area contributed by atoms with Crippen LogP contribution in [-0.4, -0.2) is 68.5 Å². The Balaban J connectivity index is 0.000000559. The molecule has 0 amide bonds. The molecule has 216 valence electrons. The van der Waals surface area contributed by atoms with Crippen molar-refractivity contribution in [2.45, 2.75) is 26.0 Å². The number of benzene rings is 1. The summed E-state index contributed by atoms with van der Waals surface area (Å²) < 4.78 is 77.6. The molecule has 1 fully saturated rings. The van der Waals surface area contributed by atoms with Crippen molar-refractivity contribution < 1.29 is 41.0 Å². The first kappa shape index (κ1) is 30.1. The lowest BCUT2D eigenvalue weighted by atomic mass is 10.3. The molecule has 0 bridgehead atoms. The van der Waals surface area contributed by atoms with E-state index < -0.39 is 35.5 Å². The highest BCUT2D eigenvalue weighted by Crippen LogP contribution is 2.26. The fraction of sp³-hybridized carbons (Fsp3) is 0.391. The molecule has 1 aliphatic rings. The number of halogens is 6. The van der Waals surface area contributed by atoms with Gasteiger partial charge >= 0.3 is 24.2 Å². The van der Waals surface area contributed by atoms with E-state index in [4.69, 9.17) is 9.90 Å². The zero-order valence-corrected chi connectivity index (χ0v) is 20.9. The summed E-state index contributed by atoms with van der Waals surface area (Å²) in [6, 6.07) is 4.98. The van der Waals surface area contributed by atoms with Crippen LogP contribution in [-0.2, 0) is 18.4 Å². The predicted molar refractivity (Wildman–Crippen MR) is 129 cm³/mol. The number of hydrogen-bond acceptors (Lipinski definition) is 7. The second-order valence-electron chi connectivity index (χ2n) is 8.16. The average molecular weight is 576 g/mol. The number of ether oxygens (including phenoxy) is 1. The lowest BCUT2D eigenvalue weighted by Gasteiger charge is -2.28. The quantitative estimate of drug-likeness (QED) is 0.357. The third-order valence-electron chi connectivity index (χ3n) is 5.49. The van der Waals surface area contributed by atoms with Gasteiger partial charge in [-0.25, -0.2) is 14.2 Å². The topological polar surface area (TPSA) is 124 Å². The fourth-order valence-electron chi connectivity index (χ4n) is 3.75. The van der Waals surface area contributed by atoms with Crippen molar-refractivity contribution in [2.75, 3.05) is 31.1 Å². The summed E-state index contributed by atoms with van der Waals surface area (Å²) in [5, 5.41) is 10.4. The first-order chi connectivity index (χ1) is 18.7. The highest BCUT2D eigenvalue weighted by molar-refractivity contribution is 5.77. The van der Waals surface area contributed by atoms with Gasteiger partial charge in [0, 0.05) is 39.3 Å². The number of anilines is 1. The first-order valence-electron chi connectivity index (χ1n) is 11.4. The van der Waals surface area contributed by atoms with Gasteiger partial charge in [-0.15, -0.1) is 19.1 Å². The summed E-state index contributed by atoms with van der Waals surface area (Å²) in [6.07, 6.45) is -9.97. The number of carbonyl (C=O) groups is 1. The van der Waals surface area contributed by atoms with Gasteiger partial charge in [-0.1, -0.05) is 12.0 Å². The maximum absolute atomic E-state index is 13.1. The molecule has 0 aliphatic carbocycles. The van der Waals surface area contributed by atoms with Gasteiger partial charge in [-0.2, -0.15) is 18.2 Å². The monoisotopic (exact) mass is 576 g/mol. The minimum atomic E-state index is -5.08. The zero-order chi connectivity index (χ0) is 29.8. The van der Waals surface area contributed by atoms with E-state index in [1.807, 2.05) is 4.90 Å². The predicted octanol–water partition coefficient (Wildman–Crippen LogP) is 1.85. The van der Waals surface area contributed by atoms with Crippen molar-refractivity contribution in [1.29, 1.82) is 0 Å². The molecule has 1 aromatic carbocycles. The van der Waals surface area contributed by atoms with Gasteiger partial charge in [0.25, 0.3) is 5.56 Å². The lowest BCUT2D eigenvalue weighted by molar-refractivity contribution is -0.274. The summed E-state index contributed by atoms with van der Waals surface area (Å²) in [4.78, 5) is 41.7. The van der Waals surface area contributed by atoms with E-state index in [9.17, 15) is 35.9 Å². The molecule has 17 heteroatoms. The number of carboxylic acid groups (broad SMARTS) is 1. The number of nitrogens with one attached hydrogen (secondary N) is 1. The van der Waals surface area contributed by atoms with E-state index in [0.29, 0.717) is 32.1 Å². The lowest BCUT2D eigenvalue weighted by Crippen LogP contribution is -2.44. The van der Waals surface area contributed by atoms with Crippen molar-refractivity contribution >= 4 is 23.1 Å². The van der Waals surface area contributed by atoms with Gasteiger partial charge < -0.3 is 20.1 Å². The Bertz CT molecular complexity index is 1570. The second-order valence-corrected chi connectivity index (χ2v) is 8.16. The van der Waals surface area contributed by atoms with Gasteiger partial charge in [-0.3, -0.25) is 13.9 Å². The van der Waals surface area contributed by atoms with E-state index in [0.717, 1.165) is 21.3 Å². The van der Waals surface area contributed by atoms with E-state index in [1.54, 1.807) is 11.5 Å². The fourth-order valence-corrected chi connectivity index (χ4v) is 3.75. The van der Waals surface area contributed by atoms with Crippen molar-refractivity contribution in [3.63, 3.8) is 0 Å². The second kappa shape index (κ2) is 11.7. The molecule has 3 heterocycles. The van der Waals surface area contributed by atoms with Gasteiger partial charge in [-0.05, 0) is 19.1 Å². The molecule has 1 aliphatic heterocycles. The minimum absolute atomic E-state index is 0.0405. The maximum Gasteiger partial charge on any atom is 0.573 e. The Morgan fingerprint density at radius 3 is 2.33 bits per heavy atom. The SMILES string of the molecule is CC#CCn1c(N2CCNCC2)nc2c1c(=O)n(C)c(=O)n2-c1cccc(OC(F)(F)F)c1.O=C(O)C(F)(F)F. The standard InChI is InChI=1S/C21H21F3N6O3.C2HF3O2/c1-3-4-10-29-16-17(26-19(29)28-11-8-25-9-12-28)30(20(32)27(2)18(16)31)14-6-5-7-15(13-14)33-21(22,23)24;3-2(4,5)1(6)7/h5-7,13,25H,8-12H2,1-2H3;(H,6,7). The van der Waals surface area contributed by atoms with Gasteiger partial charge in [0.2, 0.25) is 5.95 Å².